The van der Waals surface area contributed by atoms with Gasteiger partial charge < -0.3 is 0 Å². The van der Waals surface area contributed by atoms with Gasteiger partial charge in [-0.05, 0) is 24.3 Å². The number of fused-ring (bicyclic) bond motifs is 2. The molecule has 4 rings (SSSR count). The maximum atomic E-state index is 12.0. The van der Waals surface area contributed by atoms with Crippen LogP contribution in [0.2, 0.25) is 5.15 Å². The molecule has 2 aromatic heterocycles. The normalized spacial score (nSPS) is 11.3. The van der Waals surface area contributed by atoms with Crippen molar-refractivity contribution >= 4 is 57.3 Å². The van der Waals surface area contributed by atoms with Gasteiger partial charge in [0, 0.05) is 16.3 Å². The molecule has 7 heteroatoms. The third-order valence-corrected chi connectivity index (χ3v) is 5.25. The molecule has 0 radical (unpaired) electrons. The number of pyridine rings is 2. The molecule has 2 aromatic carbocycles. The van der Waals surface area contributed by atoms with Crippen LogP contribution in [0.15, 0.2) is 76.9 Å². The van der Waals surface area contributed by atoms with E-state index in [1.54, 1.807) is 0 Å². The molecule has 0 aliphatic heterocycles. The maximum absolute atomic E-state index is 12.0. The lowest BCUT2D eigenvalue weighted by Gasteiger charge is -2.03. The van der Waals surface area contributed by atoms with Gasteiger partial charge in [0.2, 0.25) is 5.91 Å². The summed E-state index contributed by atoms with van der Waals surface area (Å²) < 4.78 is 0. The first-order chi connectivity index (χ1) is 13.7. The first kappa shape index (κ1) is 18.4. The summed E-state index contributed by atoms with van der Waals surface area (Å²) in [6, 6.07) is 21.3. The van der Waals surface area contributed by atoms with Crippen molar-refractivity contribution in [3.05, 3.63) is 77.4 Å². The number of hydrogen-bond donors (Lipinski definition) is 1. The van der Waals surface area contributed by atoms with Crippen molar-refractivity contribution in [2.24, 2.45) is 5.10 Å². The van der Waals surface area contributed by atoms with E-state index in [0.29, 0.717) is 10.7 Å². The van der Waals surface area contributed by atoms with Crippen LogP contribution in [0.25, 0.3) is 21.8 Å². The van der Waals surface area contributed by atoms with E-state index in [2.05, 4.69) is 20.5 Å². The van der Waals surface area contributed by atoms with Crippen molar-refractivity contribution < 1.29 is 4.79 Å². The van der Waals surface area contributed by atoms with Crippen molar-refractivity contribution in [2.45, 2.75) is 5.03 Å². The molecule has 0 aliphatic carbocycles. The summed E-state index contributed by atoms with van der Waals surface area (Å²) in [7, 11) is 0. The zero-order valence-electron chi connectivity index (χ0n) is 14.7. The topological polar surface area (TPSA) is 67.2 Å². The summed E-state index contributed by atoms with van der Waals surface area (Å²) in [6.45, 7) is 0. The second-order valence-electron chi connectivity index (χ2n) is 5.99. The molecule has 0 bridgehead atoms. The lowest BCUT2D eigenvalue weighted by molar-refractivity contribution is -0.118. The molecule has 0 atom stereocenters. The third kappa shape index (κ3) is 4.30. The van der Waals surface area contributed by atoms with E-state index in [-0.39, 0.29) is 11.7 Å². The van der Waals surface area contributed by atoms with E-state index >= 15 is 0 Å². The van der Waals surface area contributed by atoms with Crippen LogP contribution in [0.5, 0.6) is 0 Å². The second kappa shape index (κ2) is 8.37. The Balaban J connectivity index is 1.36. The Hall–Kier alpha value is -2.96. The molecule has 2 heterocycles. The fourth-order valence-corrected chi connectivity index (χ4v) is 3.54. The monoisotopic (exact) mass is 406 g/mol. The minimum absolute atomic E-state index is 0.215. The number of nitrogens with zero attached hydrogens (tertiary/aromatic N) is 3. The maximum Gasteiger partial charge on any atom is 0.250 e. The Labute approximate surface area is 170 Å². The molecule has 138 valence electrons. The Bertz CT molecular complexity index is 1200. The highest BCUT2D eigenvalue weighted by Gasteiger charge is 2.05. The summed E-state index contributed by atoms with van der Waals surface area (Å²) in [5.74, 6) is -0.00656. The number of rotatable bonds is 5. The SMILES string of the molecule is O=C(CSc1ccc2ccccc2n1)NN=Cc1cc2ccccc2nc1Cl. The molecule has 0 spiro atoms. The van der Waals surface area contributed by atoms with Gasteiger partial charge >= 0.3 is 0 Å². The number of hydrazone groups is 1. The number of para-hydroxylation sites is 2. The van der Waals surface area contributed by atoms with Crippen molar-refractivity contribution in [3.8, 4) is 0 Å². The smallest absolute Gasteiger partial charge is 0.250 e. The van der Waals surface area contributed by atoms with Gasteiger partial charge in [0.1, 0.15) is 5.15 Å². The van der Waals surface area contributed by atoms with Crippen LogP contribution < -0.4 is 5.43 Å². The first-order valence-electron chi connectivity index (χ1n) is 8.55. The van der Waals surface area contributed by atoms with Gasteiger partial charge in [-0.3, -0.25) is 4.79 Å². The van der Waals surface area contributed by atoms with E-state index in [9.17, 15) is 4.79 Å². The van der Waals surface area contributed by atoms with Crippen LogP contribution in [-0.4, -0.2) is 27.8 Å². The van der Waals surface area contributed by atoms with Crippen molar-refractivity contribution in [2.75, 3.05) is 5.75 Å². The highest BCUT2D eigenvalue weighted by Crippen LogP contribution is 2.20. The highest BCUT2D eigenvalue weighted by molar-refractivity contribution is 7.99. The summed E-state index contributed by atoms with van der Waals surface area (Å²) in [4.78, 5) is 20.9. The molecule has 0 saturated carbocycles. The van der Waals surface area contributed by atoms with E-state index in [1.165, 1.54) is 18.0 Å². The average Bonchev–Trinajstić information content (AvgIpc) is 2.72. The first-order valence-corrected chi connectivity index (χ1v) is 9.91. The molecule has 0 fully saturated rings. The van der Waals surface area contributed by atoms with Crippen molar-refractivity contribution in [1.29, 1.82) is 0 Å². The quantitative estimate of drug-likeness (QED) is 0.226. The zero-order chi connectivity index (χ0) is 19.3. The average molecular weight is 407 g/mol. The van der Waals surface area contributed by atoms with Crippen molar-refractivity contribution in [1.82, 2.24) is 15.4 Å². The molecular weight excluding hydrogens is 392 g/mol. The molecule has 0 unspecified atom stereocenters. The fourth-order valence-electron chi connectivity index (χ4n) is 2.67. The van der Waals surface area contributed by atoms with Gasteiger partial charge in [-0.25, -0.2) is 15.4 Å². The van der Waals surface area contributed by atoms with Crippen LogP contribution in [-0.2, 0) is 4.79 Å². The van der Waals surface area contributed by atoms with Crippen LogP contribution in [0.4, 0.5) is 0 Å². The largest absolute Gasteiger partial charge is 0.272 e. The van der Waals surface area contributed by atoms with Gasteiger partial charge in [-0.2, -0.15) is 5.10 Å². The number of amides is 1. The summed E-state index contributed by atoms with van der Waals surface area (Å²) >= 11 is 7.54. The van der Waals surface area contributed by atoms with Gasteiger partial charge in [-0.1, -0.05) is 65.8 Å². The summed E-state index contributed by atoms with van der Waals surface area (Å²) in [5.41, 5.74) is 4.87. The number of halogens is 1. The third-order valence-electron chi connectivity index (χ3n) is 4.02. The van der Waals surface area contributed by atoms with Gasteiger partial charge in [0.25, 0.3) is 0 Å². The Morgan fingerprint density at radius 3 is 2.54 bits per heavy atom. The number of aromatic nitrogens is 2. The Morgan fingerprint density at radius 1 is 1.00 bits per heavy atom. The molecule has 0 saturated heterocycles. The number of carbonyl (C=O) groups is 1. The predicted octanol–water partition coefficient (Wildman–Crippen LogP) is 4.68. The molecule has 1 amide bonds. The molecule has 1 N–H and O–H groups in total. The second-order valence-corrected chi connectivity index (χ2v) is 7.34. The minimum Gasteiger partial charge on any atom is -0.272 e. The van der Waals surface area contributed by atoms with Gasteiger partial charge in [-0.15, -0.1) is 0 Å². The number of carbonyl (C=O) groups excluding carboxylic acids is 1. The van der Waals surface area contributed by atoms with Gasteiger partial charge in [0.05, 0.1) is 28.0 Å². The van der Waals surface area contributed by atoms with Gasteiger partial charge in [0.15, 0.2) is 0 Å². The summed E-state index contributed by atoms with van der Waals surface area (Å²) in [6.07, 6.45) is 1.50. The molecule has 4 aromatic rings. The van der Waals surface area contributed by atoms with E-state index < -0.39 is 0 Å². The number of thioether (sulfide) groups is 1. The number of hydrogen-bond acceptors (Lipinski definition) is 5. The minimum atomic E-state index is -0.221. The number of nitrogens with one attached hydrogen (secondary N) is 1. The highest BCUT2D eigenvalue weighted by atomic mass is 35.5. The molecule has 28 heavy (non-hydrogen) atoms. The fraction of sp³-hybridized carbons (Fsp3) is 0.0476. The Kier molecular flexibility index (Phi) is 5.50. The lowest BCUT2D eigenvalue weighted by atomic mass is 10.2. The lowest BCUT2D eigenvalue weighted by Crippen LogP contribution is -2.19. The van der Waals surface area contributed by atoms with E-state index in [1.807, 2.05) is 66.7 Å². The summed E-state index contributed by atoms with van der Waals surface area (Å²) in [5, 5.41) is 7.15. The Morgan fingerprint density at radius 2 is 1.71 bits per heavy atom. The van der Waals surface area contributed by atoms with Crippen LogP contribution in [0.1, 0.15) is 5.56 Å². The zero-order valence-corrected chi connectivity index (χ0v) is 16.2. The standard InChI is InChI=1S/C21H15ClN4OS/c22-21-16(11-15-6-2-4-8-18(15)25-21)12-23-26-19(27)13-28-20-10-9-14-5-1-3-7-17(14)24-20/h1-12H,13H2,(H,26,27). The van der Waals surface area contributed by atoms with E-state index in [4.69, 9.17) is 11.6 Å². The van der Waals surface area contributed by atoms with E-state index in [0.717, 1.165) is 26.8 Å². The number of benzene rings is 2. The van der Waals surface area contributed by atoms with Crippen LogP contribution in [0, 0.1) is 0 Å². The van der Waals surface area contributed by atoms with Crippen LogP contribution in [0.3, 0.4) is 0 Å². The molecule has 5 nitrogen and oxygen atoms in total. The molecular formula is C21H15ClN4OS. The predicted molar refractivity (Wildman–Crippen MR) is 115 cm³/mol. The van der Waals surface area contributed by atoms with Crippen molar-refractivity contribution in [3.63, 3.8) is 0 Å². The van der Waals surface area contributed by atoms with Crippen LogP contribution >= 0.6 is 23.4 Å². The molecule has 0 aliphatic rings.